The van der Waals surface area contributed by atoms with Crippen molar-refractivity contribution in [3.8, 4) is 11.1 Å². The third-order valence-corrected chi connectivity index (χ3v) is 6.64. The molecule has 3 aliphatic rings. The van der Waals surface area contributed by atoms with Crippen molar-refractivity contribution in [2.24, 2.45) is 0 Å². The monoisotopic (exact) mass is 425 g/mol. The Hall–Kier alpha value is -3.51. The molecule has 2 aromatic carbocycles. The van der Waals surface area contributed by atoms with E-state index in [4.69, 9.17) is 9.47 Å². The summed E-state index contributed by atoms with van der Waals surface area (Å²) < 4.78 is 11.7. The summed E-state index contributed by atoms with van der Waals surface area (Å²) in [6.45, 7) is 1.28. The van der Waals surface area contributed by atoms with Gasteiger partial charge in [0.05, 0.1) is 37.2 Å². The van der Waals surface area contributed by atoms with Gasteiger partial charge >= 0.3 is 6.09 Å². The summed E-state index contributed by atoms with van der Waals surface area (Å²) in [7, 11) is 0. The molecule has 6 heteroatoms. The van der Waals surface area contributed by atoms with E-state index in [1.807, 2.05) is 17.0 Å². The lowest BCUT2D eigenvalue weighted by molar-refractivity contribution is -0.0331. The van der Waals surface area contributed by atoms with Gasteiger partial charge in [0.25, 0.3) is 0 Å². The van der Waals surface area contributed by atoms with Gasteiger partial charge in [-0.15, -0.1) is 0 Å². The number of nitrogens with zero attached hydrogens (tertiary/aromatic N) is 3. The van der Waals surface area contributed by atoms with Gasteiger partial charge in [-0.2, -0.15) is 0 Å². The molecule has 0 spiro atoms. The molecule has 6 nitrogen and oxygen atoms in total. The maximum absolute atomic E-state index is 13.2. The molecule has 1 aliphatic carbocycles. The Balaban J connectivity index is 1.22. The van der Waals surface area contributed by atoms with E-state index >= 15 is 0 Å². The van der Waals surface area contributed by atoms with Gasteiger partial charge < -0.3 is 9.47 Å². The molecule has 32 heavy (non-hydrogen) atoms. The Kier molecular flexibility index (Phi) is 4.72. The predicted molar refractivity (Wildman–Crippen MR) is 120 cm³/mol. The molecule has 0 radical (unpaired) electrons. The maximum Gasteiger partial charge on any atom is 0.410 e. The fourth-order valence-electron chi connectivity index (χ4n) is 5.20. The zero-order chi connectivity index (χ0) is 21.5. The number of benzene rings is 2. The summed E-state index contributed by atoms with van der Waals surface area (Å²) >= 11 is 0. The van der Waals surface area contributed by atoms with E-state index in [1.54, 1.807) is 18.6 Å². The largest absolute Gasteiger partial charge is 0.448 e. The third-order valence-electron chi connectivity index (χ3n) is 6.64. The second-order valence-corrected chi connectivity index (χ2v) is 8.46. The van der Waals surface area contributed by atoms with Crippen molar-refractivity contribution in [2.75, 3.05) is 19.8 Å². The van der Waals surface area contributed by atoms with Gasteiger partial charge in [-0.25, -0.2) is 4.79 Å². The van der Waals surface area contributed by atoms with Crippen LogP contribution in [0, 0.1) is 0 Å². The van der Waals surface area contributed by atoms with Crippen molar-refractivity contribution < 1.29 is 14.3 Å². The Morgan fingerprint density at radius 3 is 2.47 bits per heavy atom. The maximum atomic E-state index is 13.2. The summed E-state index contributed by atoms with van der Waals surface area (Å²) in [5.41, 5.74) is 6.85. The lowest BCUT2D eigenvalue weighted by Crippen LogP contribution is -2.56. The first-order valence-corrected chi connectivity index (χ1v) is 11.0. The molecular weight excluding hydrogens is 402 g/mol. The highest BCUT2D eigenvalue weighted by Crippen LogP contribution is 2.44. The normalized spacial score (nSPS) is 21.5. The number of fused-ring (bicyclic) bond motifs is 5. The highest BCUT2D eigenvalue weighted by Gasteiger charge is 2.40. The molecule has 1 fully saturated rings. The molecule has 1 saturated heterocycles. The first-order chi connectivity index (χ1) is 15.8. The van der Waals surface area contributed by atoms with Crippen molar-refractivity contribution >= 4 is 11.7 Å². The van der Waals surface area contributed by atoms with E-state index < -0.39 is 0 Å². The molecule has 2 bridgehead atoms. The quantitative estimate of drug-likeness (QED) is 0.627. The molecule has 0 N–H and O–H groups in total. The number of carbonyl (C=O) groups is 1. The number of rotatable bonds is 3. The molecule has 1 aromatic heterocycles. The number of hydrogen-bond donors (Lipinski definition) is 0. The first-order valence-electron chi connectivity index (χ1n) is 11.0. The van der Waals surface area contributed by atoms with E-state index in [2.05, 4.69) is 52.4 Å². The van der Waals surface area contributed by atoms with Crippen LogP contribution in [0.5, 0.6) is 0 Å². The second-order valence-electron chi connectivity index (χ2n) is 8.46. The zero-order valence-corrected chi connectivity index (χ0v) is 17.6. The fourth-order valence-corrected chi connectivity index (χ4v) is 5.20. The van der Waals surface area contributed by atoms with Crippen molar-refractivity contribution in [3.05, 3.63) is 90.0 Å². The number of ether oxygens (including phenoxy) is 2. The smallest absolute Gasteiger partial charge is 0.410 e. The van der Waals surface area contributed by atoms with Crippen molar-refractivity contribution in [3.63, 3.8) is 0 Å². The van der Waals surface area contributed by atoms with Crippen LogP contribution in [-0.2, 0) is 9.47 Å². The standard InChI is InChI=1S/C26H23N3O3/c30-26(29-18-11-17(12-19(29)15-31-14-18)25-13-27-9-10-28-25)32-16-24-22-7-3-1-5-20(22)21-6-2-4-8-23(21)24/h1-11,13,18-19,24H,12,14-16H2. The van der Waals surface area contributed by atoms with Crippen LogP contribution in [0.2, 0.25) is 0 Å². The van der Waals surface area contributed by atoms with Crippen molar-refractivity contribution in [1.29, 1.82) is 0 Å². The SMILES string of the molecule is O=C(OCC1c2ccccc2-c2ccccc21)N1C2C=C(c3cnccn3)CC1COC2. The Bertz CT molecular complexity index is 1150. The van der Waals surface area contributed by atoms with E-state index in [1.165, 1.54) is 22.3 Å². The van der Waals surface area contributed by atoms with Crippen LogP contribution in [0.3, 0.4) is 0 Å². The Morgan fingerprint density at radius 1 is 1.03 bits per heavy atom. The average molecular weight is 425 g/mol. The molecule has 3 heterocycles. The van der Waals surface area contributed by atoms with Gasteiger partial charge in [0.1, 0.15) is 6.61 Å². The summed E-state index contributed by atoms with van der Waals surface area (Å²) in [6, 6.07) is 16.5. The minimum Gasteiger partial charge on any atom is -0.448 e. The molecule has 2 aliphatic heterocycles. The second kappa shape index (κ2) is 7.88. The zero-order valence-electron chi connectivity index (χ0n) is 17.6. The molecule has 2 atom stereocenters. The van der Waals surface area contributed by atoms with Gasteiger partial charge in [0.15, 0.2) is 0 Å². The van der Waals surface area contributed by atoms with E-state index in [0.717, 1.165) is 11.3 Å². The summed E-state index contributed by atoms with van der Waals surface area (Å²) in [5.74, 6) is 0.0536. The summed E-state index contributed by atoms with van der Waals surface area (Å²) in [5, 5.41) is 0. The first kappa shape index (κ1) is 19.2. The van der Waals surface area contributed by atoms with Crippen LogP contribution in [0.1, 0.15) is 29.2 Å². The lowest BCUT2D eigenvalue weighted by atomic mass is 9.93. The van der Waals surface area contributed by atoms with E-state index in [0.29, 0.717) is 26.2 Å². The van der Waals surface area contributed by atoms with Crippen LogP contribution in [0.4, 0.5) is 4.79 Å². The highest BCUT2D eigenvalue weighted by molar-refractivity contribution is 5.79. The Labute approximate surface area is 186 Å². The van der Waals surface area contributed by atoms with Crippen molar-refractivity contribution in [1.82, 2.24) is 14.9 Å². The van der Waals surface area contributed by atoms with Gasteiger partial charge in [-0.05, 0) is 34.2 Å². The van der Waals surface area contributed by atoms with Gasteiger partial charge in [0, 0.05) is 18.3 Å². The van der Waals surface area contributed by atoms with Gasteiger partial charge in [0.2, 0.25) is 0 Å². The number of hydrogen-bond acceptors (Lipinski definition) is 5. The molecule has 1 amide bonds. The lowest BCUT2D eigenvalue weighted by Gasteiger charge is -2.43. The van der Waals surface area contributed by atoms with E-state index in [9.17, 15) is 4.79 Å². The molecule has 2 unspecified atom stereocenters. The average Bonchev–Trinajstić information content (AvgIpc) is 3.16. The predicted octanol–water partition coefficient (Wildman–Crippen LogP) is 4.28. The summed E-state index contributed by atoms with van der Waals surface area (Å²) in [4.78, 5) is 23.7. The van der Waals surface area contributed by atoms with Crippen molar-refractivity contribution in [2.45, 2.75) is 24.4 Å². The minimum absolute atomic E-state index is 0.0536. The number of aromatic nitrogens is 2. The summed E-state index contributed by atoms with van der Waals surface area (Å²) in [6.07, 6.45) is 7.60. The molecule has 0 saturated carbocycles. The topological polar surface area (TPSA) is 64.5 Å². The molecule has 160 valence electrons. The Morgan fingerprint density at radius 2 is 1.78 bits per heavy atom. The van der Waals surface area contributed by atoms with Crippen LogP contribution in [-0.4, -0.2) is 52.9 Å². The van der Waals surface area contributed by atoms with Crippen LogP contribution in [0.15, 0.2) is 73.2 Å². The van der Waals surface area contributed by atoms with Crippen LogP contribution < -0.4 is 0 Å². The molecule has 6 rings (SSSR count). The molecular formula is C26H23N3O3. The highest BCUT2D eigenvalue weighted by atomic mass is 16.6. The number of morpholine rings is 1. The number of carbonyl (C=O) groups excluding carboxylic acids is 1. The fraction of sp³-hybridized carbons (Fsp3) is 0.269. The van der Waals surface area contributed by atoms with E-state index in [-0.39, 0.29) is 24.1 Å². The number of amides is 1. The van der Waals surface area contributed by atoms with Crippen LogP contribution >= 0.6 is 0 Å². The van der Waals surface area contributed by atoms with Crippen LogP contribution in [0.25, 0.3) is 16.7 Å². The third kappa shape index (κ3) is 3.19. The molecule has 3 aromatic rings. The van der Waals surface area contributed by atoms with Gasteiger partial charge in [-0.1, -0.05) is 54.6 Å². The van der Waals surface area contributed by atoms with Gasteiger partial charge in [-0.3, -0.25) is 14.9 Å². The minimum atomic E-state index is -0.278.